The maximum absolute atomic E-state index is 12.0. The highest BCUT2D eigenvalue weighted by atomic mass is 16.6. The van der Waals surface area contributed by atoms with Gasteiger partial charge in [-0.05, 0) is 6.42 Å². The van der Waals surface area contributed by atoms with Crippen molar-refractivity contribution in [1.82, 2.24) is 0 Å². The average molecular weight is 1210 g/mol. The van der Waals surface area contributed by atoms with Gasteiger partial charge in [0.05, 0.1) is 271 Å². The quantitative estimate of drug-likeness (QED) is 0.0534. The number of rotatable bonds is 78. The van der Waals surface area contributed by atoms with Crippen LogP contribution in [0, 0.1) is 0 Å². The lowest BCUT2D eigenvalue weighted by Gasteiger charge is -2.09. The van der Waals surface area contributed by atoms with E-state index in [4.69, 9.17) is 105 Å². The molecule has 0 saturated carbocycles. The lowest BCUT2D eigenvalue weighted by molar-refractivity contribution is -0.145. The van der Waals surface area contributed by atoms with Crippen LogP contribution in [0.4, 0.5) is 0 Å². The summed E-state index contributed by atoms with van der Waals surface area (Å²) in [6, 6.07) is 0. The number of aliphatic hydroxyl groups is 1. The summed E-state index contributed by atoms with van der Waals surface area (Å²) >= 11 is 0. The molecular formula is C60H120O23. The first-order valence-corrected chi connectivity index (χ1v) is 31.6. The zero-order valence-corrected chi connectivity index (χ0v) is 51.9. The molecule has 0 aliphatic rings. The van der Waals surface area contributed by atoms with E-state index in [0.29, 0.717) is 271 Å². The summed E-state index contributed by atoms with van der Waals surface area (Å²) in [4.78, 5) is 12.0. The molecule has 498 valence electrons. The highest BCUT2D eigenvalue weighted by Crippen LogP contribution is 2.14. The van der Waals surface area contributed by atoms with E-state index in [2.05, 4.69) is 6.92 Å². The van der Waals surface area contributed by atoms with E-state index >= 15 is 0 Å². The second-order valence-corrected chi connectivity index (χ2v) is 18.9. The molecule has 0 fully saturated rings. The maximum Gasteiger partial charge on any atom is 0.305 e. The maximum atomic E-state index is 12.0. The van der Waals surface area contributed by atoms with Crippen molar-refractivity contribution in [3.63, 3.8) is 0 Å². The monoisotopic (exact) mass is 1210 g/mol. The van der Waals surface area contributed by atoms with Crippen LogP contribution in [-0.4, -0.2) is 289 Å². The summed E-state index contributed by atoms with van der Waals surface area (Å²) in [6.45, 7) is 21.7. The van der Waals surface area contributed by atoms with Gasteiger partial charge in [-0.25, -0.2) is 0 Å². The normalized spacial score (nSPS) is 11.7. The molecule has 0 aromatic heterocycles. The Balaban J connectivity index is 3.11. The molecule has 83 heavy (non-hydrogen) atoms. The molecular weight excluding hydrogens is 1090 g/mol. The molecule has 0 aromatic rings. The van der Waals surface area contributed by atoms with Gasteiger partial charge in [0, 0.05) is 6.42 Å². The molecule has 0 rings (SSSR count). The van der Waals surface area contributed by atoms with Gasteiger partial charge in [0.1, 0.15) is 6.61 Å². The van der Waals surface area contributed by atoms with E-state index in [1.165, 1.54) is 83.5 Å². The molecule has 0 unspecified atom stereocenters. The zero-order chi connectivity index (χ0) is 59.4. The largest absolute Gasteiger partial charge is 0.463 e. The number of hydrogen-bond donors (Lipinski definition) is 1. The van der Waals surface area contributed by atoms with E-state index < -0.39 is 0 Å². The van der Waals surface area contributed by atoms with Crippen molar-refractivity contribution in [2.24, 2.45) is 0 Å². The van der Waals surface area contributed by atoms with Gasteiger partial charge in [0.15, 0.2) is 0 Å². The fourth-order valence-corrected chi connectivity index (χ4v) is 7.27. The van der Waals surface area contributed by atoms with E-state index in [0.717, 1.165) is 12.8 Å². The molecule has 0 atom stereocenters. The number of carbonyl (C=O) groups is 1. The Labute approximate surface area is 501 Å². The van der Waals surface area contributed by atoms with Gasteiger partial charge in [0.2, 0.25) is 0 Å². The summed E-state index contributed by atoms with van der Waals surface area (Å²) in [6.07, 6.45) is 20.1. The third kappa shape index (κ3) is 78.6. The number of carbonyl (C=O) groups excluding carboxylic acids is 1. The van der Waals surface area contributed by atoms with Crippen molar-refractivity contribution in [3.8, 4) is 0 Å². The fourth-order valence-electron chi connectivity index (χ4n) is 7.27. The van der Waals surface area contributed by atoms with Gasteiger partial charge in [-0.15, -0.1) is 0 Å². The number of aliphatic hydroxyl groups excluding tert-OH is 1. The molecule has 0 radical (unpaired) electrons. The number of esters is 1. The van der Waals surface area contributed by atoms with Crippen LogP contribution in [0.1, 0.15) is 110 Å². The first-order valence-electron chi connectivity index (χ1n) is 31.6. The van der Waals surface area contributed by atoms with Crippen molar-refractivity contribution in [2.45, 2.75) is 110 Å². The predicted octanol–water partition coefficient (Wildman–Crippen LogP) is 6.12. The van der Waals surface area contributed by atoms with Gasteiger partial charge < -0.3 is 105 Å². The Bertz CT molecular complexity index is 1160. The molecule has 0 spiro atoms. The summed E-state index contributed by atoms with van der Waals surface area (Å²) < 4.78 is 115. The Hall–Kier alpha value is -1.37. The predicted molar refractivity (Wildman–Crippen MR) is 314 cm³/mol. The summed E-state index contributed by atoms with van der Waals surface area (Å²) in [5.74, 6) is -0.136. The lowest BCUT2D eigenvalue weighted by Crippen LogP contribution is -2.16. The van der Waals surface area contributed by atoms with E-state index in [9.17, 15) is 4.79 Å². The SMILES string of the molecule is CCCCCCCCCCCCCCCCCC(=O)OCCOCCOCCOCCOCCOCCOCCOCCOCCOCCOCCOCCOCCOCCOCCOCCOCCOCCOCCOCCOCCO. The average Bonchev–Trinajstić information content (AvgIpc) is 3.49. The highest BCUT2D eigenvalue weighted by Gasteiger charge is 2.04. The van der Waals surface area contributed by atoms with Crippen LogP contribution in [0.25, 0.3) is 0 Å². The van der Waals surface area contributed by atoms with E-state index in [1.54, 1.807) is 0 Å². The van der Waals surface area contributed by atoms with Gasteiger partial charge in [-0.3, -0.25) is 4.79 Å². The Morgan fingerprint density at radius 3 is 0.518 bits per heavy atom. The molecule has 0 amide bonds. The minimum absolute atomic E-state index is 0.0184. The number of ether oxygens (including phenoxy) is 21. The molecule has 0 aliphatic carbocycles. The second kappa shape index (κ2) is 78.6. The standard InChI is InChI=1S/C60H120O23/c1-2-3-4-5-6-7-8-9-10-11-12-13-14-15-16-17-60(62)83-59-58-82-57-56-81-55-54-80-53-52-79-51-50-78-49-48-77-47-46-76-45-44-75-43-42-74-41-40-73-39-38-72-37-36-71-35-34-70-33-32-69-31-30-68-29-28-67-27-26-66-25-24-65-23-22-64-21-20-63-19-18-61/h61H,2-59H2,1H3. The minimum Gasteiger partial charge on any atom is -0.463 e. The first kappa shape index (κ1) is 81.6. The minimum atomic E-state index is -0.136. The van der Waals surface area contributed by atoms with Gasteiger partial charge in [-0.1, -0.05) is 96.8 Å². The molecule has 23 nitrogen and oxygen atoms in total. The van der Waals surface area contributed by atoms with Crippen molar-refractivity contribution < 1.29 is 109 Å². The molecule has 23 heteroatoms. The van der Waals surface area contributed by atoms with Crippen LogP contribution in [-0.2, 0) is 104 Å². The highest BCUT2D eigenvalue weighted by molar-refractivity contribution is 5.69. The zero-order valence-electron chi connectivity index (χ0n) is 51.9. The molecule has 1 N–H and O–H groups in total. The Morgan fingerprint density at radius 2 is 0.349 bits per heavy atom. The molecule has 0 bridgehead atoms. The molecule has 0 aromatic carbocycles. The molecule has 0 saturated heterocycles. The topological polar surface area (TPSA) is 231 Å². The molecule has 0 aliphatic heterocycles. The third-order valence-corrected chi connectivity index (χ3v) is 11.8. The van der Waals surface area contributed by atoms with Crippen LogP contribution in [0.15, 0.2) is 0 Å². The summed E-state index contributed by atoms with van der Waals surface area (Å²) in [5.41, 5.74) is 0. The van der Waals surface area contributed by atoms with Crippen LogP contribution in [0.5, 0.6) is 0 Å². The second-order valence-electron chi connectivity index (χ2n) is 18.9. The van der Waals surface area contributed by atoms with Crippen LogP contribution < -0.4 is 0 Å². The van der Waals surface area contributed by atoms with Crippen LogP contribution >= 0.6 is 0 Å². The Kier molecular flexibility index (Phi) is 77.3. The van der Waals surface area contributed by atoms with Crippen LogP contribution in [0.2, 0.25) is 0 Å². The fraction of sp³-hybridized carbons (Fsp3) is 0.983. The van der Waals surface area contributed by atoms with Crippen molar-refractivity contribution in [1.29, 1.82) is 0 Å². The van der Waals surface area contributed by atoms with Crippen molar-refractivity contribution in [2.75, 3.05) is 277 Å². The Morgan fingerprint density at radius 1 is 0.205 bits per heavy atom. The van der Waals surface area contributed by atoms with Crippen LogP contribution in [0.3, 0.4) is 0 Å². The van der Waals surface area contributed by atoms with E-state index in [1.807, 2.05) is 0 Å². The first-order chi connectivity index (χ1) is 41.3. The molecule has 0 heterocycles. The van der Waals surface area contributed by atoms with Crippen molar-refractivity contribution >= 4 is 5.97 Å². The van der Waals surface area contributed by atoms with Gasteiger partial charge in [0.25, 0.3) is 0 Å². The number of unbranched alkanes of at least 4 members (excludes halogenated alkanes) is 14. The third-order valence-electron chi connectivity index (χ3n) is 11.8. The number of hydrogen-bond acceptors (Lipinski definition) is 23. The lowest BCUT2D eigenvalue weighted by atomic mass is 10.0. The smallest absolute Gasteiger partial charge is 0.305 e. The van der Waals surface area contributed by atoms with Gasteiger partial charge >= 0.3 is 5.97 Å². The van der Waals surface area contributed by atoms with Gasteiger partial charge in [-0.2, -0.15) is 0 Å². The van der Waals surface area contributed by atoms with E-state index in [-0.39, 0.29) is 19.2 Å². The summed E-state index contributed by atoms with van der Waals surface area (Å²) in [7, 11) is 0. The summed E-state index contributed by atoms with van der Waals surface area (Å²) in [5, 5.41) is 8.61. The van der Waals surface area contributed by atoms with Crippen molar-refractivity contribution in [3.05, 3.63) is 0 Å².